The lowest BCUT2D eigenvalue weighted by atomic mass is 9.97. The van der Waals surface area contributed by atoms with Crippen LogP contribution in [0.1, 0.15) is 92.9 Å². The highest BCUT2D eigenvalue weighted by molar-refractivity contribution is 8.06. The molecule has 0 aliphatic carbocycles. The number of nitrogens with zero attached hydrogens (tertiary/aromatic N) is 2. The zero-order valence-electron chi connectivity index (χ0n) is 55.7. The highest BCUT2D eigenvalue weighted by Gasteiger charge is 2.48. The predicted octanol–water partition coefficient (Wildman–Crippen LogP) is -7.07. The van der Waals surface area contributed by atoms with Crippen LogP contribution in [0, 0.1) is 0 Å². The summed E-state index contributed by atoms with van der Waals surface area (Å²) in [5, 5.41) is 107. The molecule has 96 heavy (non-hydrogen) atoms. The number of carbonyl (C=O) groups excluding carboxylic acids is 7. The summed E-state index contributed by atoms with van der Waals surface area (Å²) in [6.07, 6.45) is -14.4. The van der Waals surface area contributed by atoms with E-state index in [2.05, 4.69) is 31.9 Å². The van der Waals surface area contributed by atoms with E-state index in [4.69, 9.17) is 63.5 Å². The summed E-state index contributed by atoms with van der Waals surface area (Å²) in [4.78, 5) is 105. The molecule has 15 N–H and O–H groups in total. The van der Waals surface area contributed by atoms with Crippen LogP contribution in [-0.4, -0.2) is 333 Å². The number of nitrogens with one attached hydrogen (secondary N) is 6. The van der Waals surface area contributed by atoms with Gasteiger partial charge in [0.05, 0.1) is 91.5 Å². The number of ether oxygens (including phenoxy) is 9. The lowest BCUT2D eigenvalue weighted by Crippen LogP contribution is -2.64. The van der Waals surface area contributed by atoms with E-state index in [1.165, 1.54) is 20.8 Å². The fourth-order valence-corrected chi connectivity index (χ4v) is 12.0. The van der Waals surface area contributed by atoms with E-state index in [1.807, 2.05) is 4.90 Å². The van der Waals surface area contributed by atoms with Gasteiger partial charge in [0.1, 0.15) is 79.8 Å². The van der Waals surface area contributed by atoms with Crippen LogP contribution in [-0.2, 0) is 97.0 Å². The van der Waals surface area contributed by atoms with Crippen molar-refractivity contribution in [2.45, 2.75) is 190 Å². The van der Waals surface area contributed by atoms with E-state index in [1.54, 1.807) is 25.7 Å². The molecule has 0 bridgehead atoms. The van der Waals surface area contributed by atoms with Crippen molar-refractivity contribution in [3.05, 3.63) is 0 Å². The minimum atomic E-state index is -3.74. The average Bonchev–Trinajstić information content (AvgIpc) is 0.829. The molecule has 3 heterocycles. The molecule has 0 aromatic carbocycles. The molecule has 3 fully saturated rings. The first kappa shape index (κ1) is 86.3. The van der Waals surface area contributed by atoms with E-state index < -0.39 is 148 Å². The van der Waals surface area contributed by atoms with E-state index in [9.17, 15) is 84.4 Å². The van der Waals surface area contributed by atoms with Crippen molar-refractivity contribution >= 4 is 59.9 Å². The van der Waals surface area contributed by atoms with Crippen LogP contribution in [0.2, 0.25) is 0 Å². The first-order chi connectivity index (χ1) is 45.5. The number of aliphatic hydroxyl groups excluding tert-OH is 9. The summed E-state index contributed by atoms with van der Waals surface area (Å²) >= 11 is 5.01. The first-order valence-corrected chi connectivity index (χ1v) is 34.8. The fraction of sp³-hybridized carbons (Fsp3) is 0.879. The summed E-state index contributed by atoms with van der Waals surface area (Å²) in [6, 6.07) is -3.41. The monoisotopic (exact) mass is 1430 g/mol. The summed E-state index contributed by atoms with van der Waals surface area (Å²) in [6.45, 7) is 4.21. The van der Waals surface area contributed by atoms with Crippen LogP contribution in [0.25, 0.3) is 0 Å². The van der Waals surface area contributed by atoms with Gasteiger partial charge in [-0.15, -0.1) is 0 Å². The van der Waals surface area contributed by atoms with Gasteiger partial charge in [0.15, 0.2) is 18.9 Å². The van der Waals surface area contributed by atoms with Crippen LogP contribution in [0.15, 0.2) is 0 Å². The second-order valence-electron chi connectivity index (χ2n) is 23.9. The van der Waals surface area contributed by atoms with Crippen LogP contribution in [0.3, 0.4) is 0 Å². The number of amides is 7. The number of aliphatic hydroxyl groups is 9. The Morgan fingerprint density at radius 1 is 0.469 bits per heavy atom. The molecule has 38 heteroatoms. The van der Waals surface area contributed by atoms with Crippen molar-refractivity contribution in [2.24, 2.45) is 0 Å². The minimum Gasteiger partial charge on any atom is -0.780 e. The lowest BCUT2D eigenvalue weighted by Gasteiger charge is -2.42. The third-order valence-corrected chi connectivity index (χ3v) is 16.6. The quantitative estimate of drug-likeness (QED) is 0.0199. The van der Waals surface area contributed by atoms with Gasteiger partial charge in [-0.1, -0.05) is 18.2 Å². The van der Waals surface area contributed by atoms with Crippen molar-refractivity contribution in [3.8, 4) is 0 Å². The maximum atomic E-state index is 13.9. The zero-order chi connectivity index (χ0) is 71.4. The highest BCUT2D eigenvalue weighted by atomic mass is 32.5. The first-order valence-electron chi connectivity index (χ1n) is 32.2. The van der Waals surface area contributed by atoms with E-state index in [0.29, 0.717) is 32.2 Å². The van der Waals surface area contributed by atoms with Gasteiger partial charge in [-0.2, -0.15) is 0 Å². The van der Waals surface area contributed by atoms with Gasteiger partial charge in [0.25, 0.3) is 0 Å². The van der Waals surface area contributed by atoms with Gasteiger partial charge in [-0.25, -0.2) is 0 Å². The Kier molecular flexibility index (Phi) is 41.8. The molecular formula is C58H106N8O28PS-. The number of hydrogen-bond acceptors (Lipinski definition) is 30. The second-order valence-corrected chi connectivity index (χ2v) is 26.6. The number of hydrogen-bond donors (Lipinski definition) is 15. The van der Waals surface area contributed by atoms with Gasteiger partial charge in [-0.05, 0) is 46.6 Å². The summed E-state index contributed by atoms with van der Waals surface area (Å²) in [5.41, 5.74) is -0.787. The number of unbranched alkanes of at least 4 members (excludes halogenated alkanes) is 2. The third kappa shape index (κ3) is 33.9. The fourth-order valence-electron chi connectivity index (χ4n) is 10.1. The maximum absolute atomic E-state index is 13.9. The van der Waals surface area contributed by atoms with Gasteiger partial charge in [0.2, 0.25) is 41.4 Å². The van der Waals surface area contributed by atoms with Gasteiger partial charge in [0, 0.05) is 92.3 Å². The summed E-state index contributed by atoms with van der Waals surface area (Å²) in [7, 11) is 0. The molecule has 7 amide bonds. The van der Waals surface area contributed by atoms with Crippen molar-refractivity contribution in [1.29, 1.82) is 0 Å². The Labute approximate surface area is 564 Å². The Balaban J connectivity index is 1.60. The minimum absolute atomic E-state index is 0.000196. The smallest absolute Gasteiger partial charge is 0.222 e. The SMILES string of the molecule is CC(=O)NC1C(OCCOCCNC(=O)CCN(CCCN(CCC(=O)NCCOCCOC2OC(CO)C(O)C(O)C2NC(C)=O)C(=O)CCCCCOP([O-])(=S)OC(C)(C)C)CCC(=O)NCCOCCOC2OC(CO)C(O)C(O)C2NC(C)=O)OC(CO)C(O)C1O. The molecule has 0 saturated carbocycles. The molecule has 558 valence electrons. The van der Waals surface area contributed by atoms with Crippen molar-refractivity contribution in [2.75, 3.05) is 138 Å². The molecule has 0 spiro atoms. The largest absolute Gasteiger partial charge is 0.780 e. The van der Waals surface area contributed by atoms with E-state index in [-0.39, 0.29) is 155 Å². The van der Waals surface area contributed by atoms with Crippen LogP contribution in [0.4, 0.5) is 0 Å². The van der Waals surface area contributed by atoms with Gasteiger partial charge < -0.3 is 144 Å². The van der Waals surface area contributed by atoms with Crippen LogP contribution in [0.5, 0.6) is 0 Å². The van der Waals surface area contributed by atoms with Gasteiger partial charge in [-0.3, -0.25) is 33.6 Å². The number of carbonyl (C=O) groups is 7. The zero-order valence-corrected chi connectivity index (χ0v) is 57.4. The second kappa shape index (κ2) is 46.5. The molecule has 0 aromatic rings. The average molecular weight is 1430 g/mol. The molecule has 16 unspecified atom stereocenters. The lowest BCUT2D eigenvalue weighted by molar-refractivity contribution is -0.272. The standard InChI is InChI=1S/C58H107N8O28PS/c1-36(70)62-46-52(80)49(77)39(33-67)91-55(46)87-30-27-84-24-15-59-42(73)12-20-65(21-13-43(74)60-16-25-85-28-31-88-56-47(63-37(2)71)53(81)50(78)40(34-68)92-56)18-10-19-66(45(76)11-8-7-9-23-90-95(83,96)94-58(4,5)6)22-14-44(75)61-17-26-86-29-32-89-57-48(64-38(3)72)54(82)51(79)41(35-69)93-57/h39-41,46-57,67-69,77-82H,7-35H2,1-6H3,(H,59,73)(H,60,74)(H,61,75)(H,62,70)(H,63,71)(H,64,72)(H,83,96)/p-1. The molecular weight excluding hydrogens is 1320 g/mol. The molecule has 3 rings (SSSR count). The van der Waals surface area contributed by atoms with Crippen LogP contribution >= 0.6 is 6.72 Å². The molecule has 0 radical (unpaired) electrons. The topological polar surface area (TPSA) is 505 Å². The molecule has 36 nitrogen and oxygen atoms in total. The van der Waals surface area contributed by atoms with Crippen molar-refractivity contribution < 1.29 is 136 Å². The molecule has 0 aromatic heterocycles. The van der Waals surface area contributed by atoms with Crippen molar-refractivity contribution in [3.63, 3.8) is 0 Å². The number of rotatable bonds is 48. The van der Waals surface area contributed by atoms with Crippen molar-refractivity contribution in [1.82, 2.24) is 41.7 Å². The Morgan fingerprint density at radius 2 is 0.833 bits per heavy atom. The third-order valence-electron chi connectivity index (χ3n) is 14.8. The highest BCUT2D eigenvalue weighted by Crippen LogP contribution is 2.43. The molecule has 3 saturated heterocycles. The predicted molar refractivity (Wildman–Crippen MR) is 336 cm³/mol. The molecule has 3 aliphatic heterocycles. The molecule has 3 aliphatic rings. The van der Waals surface area contributed by atoms with Gasteiger partial charge >= 0.3 is 0 Å². The maximum Gasteiger partial charge on any atom is 0.222 e. The van der Waals surface area contributed by atoms with E-state index >= 15 is 0 Å². The normalized spacial score (nSPS) is 26.7. The summed E-state index contributed by atoms with van der Waals surface area (Å²) < 4.78 is 61.1. The van der Waals surface area contributed by atoms with Crippen LogP contribution < -0.4 is 36.8 Å². The van der Waals surface area contributed by atoms with E-state index in [0.717, 1.165) is 0 Å². The molecule has 16 atom stereocenters. The Morgan fingerprint density at radius 3 is 1.18 bits per heavy atom. The Hall–Kier alpha value is -3.94. The Bertz CT molecular complexity index is 2270. The summed E-state index contributed by atoms with van der Waals surface area (Å²) in [5.74, 6) is -2.89.